The summed E-state index contributed by atoms with van der Waals surface area (Å²) in [5, 5.41) is 13.1. The number of hydrogen-bond donors (Lipinski definition) is 2. The monoisotopic (exact) mass is 328 g/mol. The fourth-order valence-corrected chi connectivity index (χ4v) is 1.98. The van der Waals surface area contributed by atoms with Crippen molar-refractivity contribution in [1.82, 2.24) is 5.43 Å². The minimum atomic E-state index is -0.353. The minimum Gasteiger partial charge on any atom is -0.508 e. The summed E-state index contributed by atoms with van der Waals surface area (Å²) in [6.45, 7) is 4.74. The van der Waals surface area contributed by atoms with Crippen molar-refractivity contribution in [2.45, 2.75) is 13.8 Å². The molecule has 6 nitrogen and oxygen atoms in total. The average Bonchev–Trinajstić information content (AvgIpc) is 2.58. The lowest BCUT2D eigenvalue weighted by Gasteiger charge is -2.11. The van der Waals surface area contributed by atoms with E-state index in [1.54, 1.807) is 42.5 Å². The van der Waals surface area contributed by atoms with Crippen molar-refractivity contribution < 1.29 is 19.4 Å². The first-order valence-electron chi connectivity index (χ1n) is 7.66. The van der Waals surface area contributed by atoms with Crippen molar-refractivity contribution in [1.29, 1.82) is 0 Å². The molecular formula is C18H20N2O4. The second-order valence-electron chi connectivity index (χ2n) is 4.82. The van der Waals surface area contributed by atoms with Crippen LogP contribution in [0.1, 0.15) is 29.8 Å². The van der Waals surface area contributed by atoms with Crippen LogP contribution in [0.4, 0.5) is 0 Å². The molecule has 2 rings (SSSR count). The molecule has 0 aromatic heterocycles. The van der Waals surface area contributed by atoms with Crippen molar-refractivity contribution in [3.8, 4) is 17.2 Å². The predicted molar refractivity (Wildman–Crippen MR) is 91.9 cm³/mol. The summed E-state index contributed by atoms with van der Waals surface area (Å²) in [6.07, 6.45) is 1.50. The van der Waals surface area contributed by atoms with Crippen molar-refractivity contribution in [2.24, 2.45) is 5.10 Å². The molecule has 0 atom stereocenters. The fourth-order valence-electron chi connectivity index (χ4n) is 1.98. The third-order valence-electron chi connectivity index (χ3n) is 3.08. The van der Waals surface area contributed by atoms with Gasteiger partial charge in [-0.3, -0.25) is 4.79 Å². The lowest BCUT2D eigenvalue weighted by molar-refractivity contribution is 0.0954. The number of phenolic OH excluding ortho intramolecular Hbond substituents is 1. The Bertz CT molecular complexity index is 711. The van der Waals surface area contributed by atoms with E-state index in [1.807, 2.05) is 13.8 Å². The van der Waals surface area contributed by atoms with E-state index in [0.717, 1.165) is 5.56 Å². The number of phenols is 1. The average molecular weight is 328 g/mol. The summed E-state index contributed by atoms with van der Waals surface area (Å²) < 4.78 is 11.0. The summed E-state index contributed by atoms with van der Waals surface area (Å²) in [7, 11) is 0. The molecule has 0 aliphatic heterocycles. The molecule has 24 heavy (non-hydrogen) atoms. The van der Waals surface area contributed by atoms with E-state index in [4.69, 9.17) is 9.47 Å². The Morgan fingerprint density at radius 2 is 1.75 bits per heavy atom. The molecule has 2 aromatic carbocycles. The molecule has 0 saturated heterocycles. The Labute approximate surface area is 140 Å². The third kappa shape index (κ3) is 4.74. The number of hydrogen-bond acceptors (Lipinski definition) is 5. The molecule has 2 aromatic rings. The van der Waals surface area contributed by atoms with E-state index in [9.17, 15) is 9.90 Å². The molecule has 0 aliphatic rings. The van der Waals surface area contributed by atoms with E-state index in [0.29, 0.717) is 30.3 Å². The van der Waals surface area contributed by atoms with Gasteiger partial charge in [0.1, 0.15) is 5.75 Å². The van der Waals surface area contributed by atoms with Gasteiger partial charge in [0.05, 0.1) is 19.4 Å². The largest absolute Gasteiger partial charge is 0.508 e. The quantitative estimate of drug-likeness (QED) is 0.605. The van der Waals surface area contributed by atoms with Gasteiger partial charge in [-0.1, -0.05) is 0 Å². The van der Waals surface area contributed by atoms with Gasteiger partial charge in [-0.25, -0.2) is 5.43 Å². The maximum absolute atomic E-state index is 12.2. The number of nitrogens with one attached hydrogen (secondary N) is 1. The number of carbonyl (C=O) groups excluding carboxylic acids is 1. The maximum Gasteiger partial charge on any atom is 0.271 e. The number of hydrazone groups is 1. The smallest absolute Gasteiger partial charge is 0.271 e. The standard InChI is InChI=1S/C18H20N2O4/c1-3-23-16-10-7-14(11-17(16)24-4-2)18(22)20-19-12-13-5-8-15(21)9-6-13/h5-12,21H,3-4H2,1-2H3,(H,20,22)/b19-12+. The molecule has 126 valence electrons. The maximum atomic E-state index is 12.2. The second kappa shape index (κ2) is 8.57. The molecule has 0 saturated carbocycles. The Morgan fingerprint density at radius 3 is 2.42 bits per heavy atom. The number of amides is 1. The van der Waals surface area contributed by atoms with Crippen LogP contribution < -0.4 is 14.9 Å². The fraction of sp³-hybridized carbons (Fsp3) is 0.222. The summed E-state index contributed by atoms with van der Waals surface area (Å²) in [4.78, 5) is 12.2. The summed E-state index contributed by atoms with van der Waals surface area (Å²) in [6, 6.07) is 11.4. The zero-order valence-electron chi connectivity index (χ0n) is 13.7. The number of benzene rings is 2. The predicted octanol–water partition coefficient (Wildman–Crippen LogP) is 2.95. The highest BCUT2D eigenvalue weighted by molar-refractivity contribution is 5.95. The number of ether oxygens (including phenoxy) is 2. The molecule has 2 N–H and O–H groups in total. The number of aromatic hydroxyl groups is 1. The van der Waals surface area contributed by atoms with E-state index < -0.39 is 0 Å². The van der Waals surface area contributed by atoms with Gasteiger partial charge in [0.2, 0.25) is 0 Å². The van der Waals surface area contributed by atoms with Gasteiger partial charge in [-0.2, -0.15) is 5.10 Å². The number of carbonyl (C=O) groups is 1. The van der Waals surface area contributed by atoms with Crippen LogP contribution >= 0.6 is 0 Å². The first kappa shape index (κ1) is 17.3. The summed E-state index contributed by atoms with van der Waals surface area (Å²) >= 11 is 0. The van der Waals surface area contributed by atoms with E-state index in [-0.39, 0.29) is 11.7 Å². The van der Waals surface area contributed by atoms with E-state index >= 15 is 0 Å². The molecule has 0 aliphatic carbocycles. The zero-order chi connectivity index (χ0) is 17.4. The first-order valence-corrected chi connectivity index (χ1v) is 7.66. The van der Waals surface area contributed by atoms with Crippen molar-refractivity contribution >= 4 is 12.1 Å². The molecule has 6 heteroatoms. The Balaban J connectivity index is 2.05. The van der Waals surface area contributed by atoms with E-state index in [2.05, 4.69) is 10.5 Å². The van der Waals surface area contributed by atoms with Crippen LogP contribution in [0.2, 0.25) is 0 Å². The van der Waals surface area contributed by atoms with Crippen LogP contribution in [0.15, 0.2) is 47.6 Å². The van der Waals surface area contributed by atoms with Crippen LogP contribution in [0.25, 0.3) is 0 Å². The van der Waals surface area contributed by atoms with Gasteiger partial charge in [0.15, 0.2) is 11.5 Å². The number of rotatable bonds is 7. The zero-order valence-corrected chi connectivity index (χ0v) is 13.7. The highest BCUT2D eigenvalue weighted by Gasteiger charge is 2.10. The Morgan fingerprint density at radius 1 is 1.08 bits per heavy atom. The highest BCUT2D eigenvalue weighted by atomic mass is 16.5. The molecule has 0 heterocycles. The van der Waals surface area contributed by atoms with Crippen LogP contribution in [0, 0.1) is 0 Å². The topological polar surface area (TPSA) is 80.2 Å². The Hall–Kier alpha value is -3.02. The Kier molecular flexibility index (Phi) is 6.19. The van der Waals surface area contributed by atoms with Crippen LogP contribution in [-0.2, 0) is 0 Å². The van der Waals surface area contributed by atoms with E-state index in [1.165, 1.54) is 6.21 Å². The molecule has 0 bridgehead atoms. The highest BCUT2D eigenvalue weighted by Crippen LogP contribution is 2.28. The van der Waals surface area contributed by atoms with Gasteiger partial charge in [0, 0.05) is 5.56 Å². The van der Waals surface area contributed by atoms with Crippen LogP contribution in [0.5, 0.6) is 17.2 Å². The normalized spacial score (nSPS) is 10.6. The van der Waals surface area contributed by atoms with Crippen molar-refractivity contribution in [3.05, 3.63) is 53.6 Å². The number of nitrogens with zero attached hydrogens (tertiary/aromatic N) is 1. The minimum absolute atomic E-state index is 0.175. The lowest BCUT2D eigenvalue weighted by Crippen LogP contribution is -2.17. The molecule has 0 spiro atoms. The molecule has 0 fully saturated rings. The van der Waals surface area contributed by atoms with Gasteiger partial charge < -0.3 is 14.6 Å². The second-order valence-corrected chi connectivity index (χ2v) is 4.82. The summed E-state index contributed by atoms with van der Waals surface area (Å²) in [5.74, 6) is 0.945. The third-order valence-corrected chi connectivity index (χ3v) is 3.08. The SMILES string of the molecule is CCOc1ccc(C(=O)N/N=C/c2ccc(O)cc2)cc1OCC. The van der Waals surface area contributed by atoms with Crippen molar-refractivity contribution in [2.75, 3.05) is 13.2 Å². The van der Waals surface area contributed by atoms with Crippen LogP contribution in [-0.4, -0.2) is 30.4 Å². The first-order chi connectivity index (χ1) is 11.6. The lowest BCUT2D eigenvalue weighted by atomic mass is 10.2. The van der Waals surface area contributed by atoms with Gasteiger partial charge in [-0.05, 0) is 61.9 Å². The molecule has 0 unspecified atom stereocenters. The summed E-state index contributed by atoms with van der Waals surface area (Å²) in [5.41, 5.74) is 3.63. The molecule has 1 amide bonds. The molecule has 0 radical (unpaired) electrons. The van der Waals surface area contributed by atoms with Crippen LogP contribution in [0.3, 0.4) is 0 Å². The van der Waals surface area contributed by atoms with Crippen molar-refractivity contribution in [3.63, 3.8) is 0 Å². The van der Waals surface area contributed by atoms with Gasteiger partial charge >= 0.3 is 0 Å². The molecular weight excluding hydrogens is 308 g/mol. The van der Waals surface area contributed by atoms with Gasteiger partial charge in [-0.15, -0.1) is 0 Å². The van der Waals surface area contributed by atoms with Gasteiger partial charge in [0.25, 0.3) is 5.91 Å².